The van der Waals surface area contributed by atoms with E-state index in [2.05, 4.69) is 33.4 Å². The van der Waals surface area contributed by atoms with Crippen molar-refractivity contribution in [3.8, 4) is 0 Å². The van der Waals surface area contributed by atoms with Gasteiger partial charge >= 0.3 is 0 Å². The van der Waals surface area contributed by atoms with Gasteiger partial charge in [-0.3, -0.25) is 0 Å². The highest BCUT2D eigenvalue weighted by Crippen LogP contribution is 2.27. The van der Waals surface area contributed by atoms with E-state index in [-0.39, 0.29) is 0 Å². The van der Waals surface area contributed by atoms with Crippen LogP contribution >= 0.6 is 12.2 Å². The first kappa shape index (κ1) is 19.6. The number of nitrogens with one attached hydrogen (secondary N) is 2. The van der Waals surface area contributed by atoms with Crippen LogP contribution in [0.25, 0.3) is 0 Å². The molecule has 0 radical (unpaired) electrons. The molecule has 2 aliphatic heterocycles. The SMILES string of the molecule is C[C@H]1CCCCN1c1cc(N2CCOCC2)nc(NC(=S)NC2CCCC2)n1. The smallest absolute Gasteiger partial charge is 0.232 e. The summed E-state index contributed by atoms with van der Waals surface area (Å²) in [5, 5.41) is 7.31. The van der Waals surface area contributed by atoms with Crippen LogP contribution < -0.4 is 20.4 Å². The Morgan fingerprint density at radius 3 is 2.50 bits per heavy atom. The third-order valence-corrected chi connectivity index (χ3v) is 6.27. The van der Waals surface area contributed by atoms with Crippen LogP contribution in [0.2, 0.25) is 0 Å². The van der Waals surface area contributed by atoms with Gasteiger partial charge in [-0.2, -0.15) is 9.97 Å². The summed E-state index contributed by atoms with van der Waals surface area (Å²) < 4.78 is 5.51. The molecule has 7 nitrogen and oxygen atoms in total. The molecule has 1 aliphatic carbocycles. The van der Waals surface area contributed by atoms with Crippen LogP contribution in [0.5, 0.6) is 0 Å². The van der Waals surface area contributed by atoms with Gasteiger partial charge in [-0.1, -0.05) is 12.8 Å². The van der Waals surface area contributed by atoms with Crippen molar-refractivity contribution in [3.63, 3.8) is 0 Å². The van der Waals surface area contributed by atoms with Crippen LogP contribution in [0.3, 0.4) is 0 Å². The Kier molecular flexibility index (Phi) is 6.47. The molecule has 4 rings (SSSR count). The Labute approximate surface area is 173 Å². The second-order valence-electron chi connectivity index (χ2n) is 8.13. The van der Waals surface area contributed by atoms with Crippen LogP contribution in [0.4, 0.5) is 17.6 Å². The summed E-state index contributed by atoms with van der Waals surface area (Å²) in [6.07, 6.45) is 8.65. The largest absolute Gasteiger partial charge is 0.378 e. The molecule has 0 bridgehead atoms. The number of anilines is 3. The number of aromatic nitrogens is 2. The summed E-state index contributed by atoms with van der Waals surface area (Å²) in [4.78, 5) is 14.3. The topological polar surface area (TPSA) is 65.6 Å². The quantitative estimate of drug-likeness (QED) is 0.743. The van der Waals surface area contributed by atoms with Gasteiger partial charge in [0.25, 0.3) is 0 Å². The van der Waals surface area contributed by atoms with Crippen LogP contribution in [0.1, 0.15) is 51.9 Å². The molecule has 8 heteroatoms. The van der Waals surface area contributed by atoms with Crippen LogP contribution in [0, 0.1) is 0 Å². The number of nitrogens with zero attached hydrogens (tertiary/aromatic N) is 4. The number of hydrogen-bond acceptors (Lipinski definition) is 6. The van der Waals surface area contributed by atoms with Crippen LogP contribution in [-0.4, -0.2) is 60.0 Å². The number of ether oxygens (including phenoxy) is 1. The van der Waals surface area contributed by atoms with E-state index in [0.717, 1.165) is 44.5 Å². The molecule has 1 saturated carbocycles. The van der Waals surface area contributed by atoms with E-state index in [0.29, 0.717) is 23.1 Å². The lowest BCUT2D eigenvalue weighted by Gasteiger charge is -2.35. The van der Waals surface area contributed by atoms with Gasteiger partial charge in [0.05, 0.1) is 13.2 Å². The molecule has 1 aromatic rings. The maximum Gasteiger partial charge on any atom is 0.232 e. The minimum atomic E-state index is 0.476. The Hall–Kier alpha value is -1.67. The van der Waals surface area contributed by atoms with Crippen molar-refractivity contribution >= 4 is 34.9 Å². The van der Waals surface area contributed by atoms with Crippen molar-refractivity contribution in [2.75, 3.05) is 48.0 Å². The van der Waals surface area contributed by atoms with Gasteiger partial charge in [0.1, 0.15) is 11.6 Å². The zero-order valence-electron chi connectivity index (χ0n) is 16.8. The fourth-order valence-electron chi connectivity index (χ4n) is 4.41. The van der Waals surface area contributed by atoms with E-state index >= 15 is 0 Å². The minimum Gasteiger partial charge on any atom is -0.378 e. The van der Waals surface area contributed by atoms with Crippen molar-refractivity contribution in [2.24, 2.45) is 0 Å². The number of thiocarbonyl (C=S) groups is 1. The highest BCUT2D eigenvalue weighted by atomic mass is 32.1. The molecule has 0 spiro atoms. The third kappa shape index (κ3) is 4.84. The number of piperidine rings is 1. The minimum absolute atomic E-state index is 0.476. The van der Waals surface area contributed by atoms with Gasteiger partial charge in [0, 0.05) is 37.8 Å². The number of hydrogen-bond donors (Lipinski definition) is 2. The molecule has 1 atom stereocenters. The van der Waals surface area contributed by atoms with E-state index in [1.807, 2.05) is 0 Å². The molecule has 0 unspecified atom stereocenters. The van der Waals surface area contributed by atoms with Crippen molar-refractivity contribution in [2.45, 2.75) is 64.0 Å². The van der Waals surface area contributed by atoms with Gasteiger partial charge in [0.2, 0.25) is 5.95 Å². The molecule has 2 N–H and O–H groups in total. The zero-order chi connectivity index (χ0) is 19.3. The average molecular weight is 405 g/mol. The van der Waals surface area contributed by atoms with Gasteiger partial charge in [-0.15, -0.1) is 0 Å². The van der Waals surface area contributed by atoms with Crippen LogP contribution in [0.15, 0.2) is 6.07 Å². The zero-order valence-corrected chi connectivity index (χ0v) is 17.6. The van der Waals surface area contributed by atoms with Gasteiger partial charge in [-0.25, -0.2) is 0 Å². The standard InChI is InChI=1S/C20H32N6OS/c1-15-6-4-5-9-26(15)18-14-17(25-10-12-27-13-11-25)22-19(23-18)24-20(28)21-16-7-2-3-8-16/h14-16H,2-13H2,1H3,(H2,21,22,23,24,28)/t15-/m0/s1. The lowest BCUT2D eigenvalue weighted by Crippen LogP contribution is -2.40. The normalized spacial score (nSPS) is 23.7. The molecule has 3 fully saturated rings. The molecule has 154 valence electrons. The van der Waals surface area contributed by atoms with E-state index in [1.54, 1.807) is 0 Å². The first-order valence-corrected chi connectivity index (χ1v) is 11.2. The molecule has 0 amide bonds. The monoisotopic (exact) mass is 404 g/mol. The number of morpholine rings is 1. The van der Waals surface area contributed by atoms with Gasteiger partial charge in [-0.05, 0) is 51.2 Å². The molecule has 28 heavy (non-hydrogen) atoms. The second kappa shape index (κ2) is 9.22. The molecule has 3 aliphatic rings. The van der Waals surface area contributed by atoms with E-state index in [4.69, 9.17) is 26.9 Å². The number of rotatable bonds is 4. The summed E-state index contributed by atoms with van der Waals surface area (Å²) in [6.45, 7) is 6.53. The Morgan fingerprint density at radius 1 is 1.04 bits per heavy atom. The predicted octanol–water partition coefficient (Wildman–Crippen LogP) is 2.92. The summed E-state index contributed by atoms with van der Waals surface area (Å²) in [7, 11) is 0. The van der Waals surface area contributed by atoms with Crippen molar-refractivity contribution < 1.29 is 4.74 Å². The fraction of sp³-hybridized carbons (Fsp3) is 0.750. The summed E-state index contributed by atoms with van der Waals surface area (Å²) in [6, 6.07) is 3.10. The molecule has 2 saturated heterocycles. The highest BCUT2D eigenvalue weighted by molar-refractivity contribution is 7.80. The van der Waals surface area contributed by atoms with E-state index in [9.17, 15) is 0 Å². The van der Waals surface area contributed by atoms with Crippen LogP contribution in [-0.2, 0) is 4.74 Å². The Morgan fingerprint density at radius 2 is 1.75 bits per heavy atom. The van der Waals surface area contributed by atoms with Crippen molar-refractivity contribution in [1.82, 2.24) is 15.3 Å². The van der Waals surface area contributed by atoms with E-state index in [1.165, 1.54) is 44.9 Å². The lowest BCUT2D eigenvalue weighted by atomic mass is 10.0. The summed E-state index contributed by atoms with van der Waals surface area (Å²) in [5.74, 6) is 2.54. The van der Waals surface area contributed by atoms with Crippen molar-refractivity contribution in [1.29, 1.82) is 0 Å². The highest BCUT2D eigenvalue weighted by Gasteiger charge is 2.23. The Balaban J connectivity index is 1.54. The van der Waals surface area contributed by atoms with Crippen molar-refractivity contribution in [3.05, 3.63) is 6.07 Å². The predicted molar refractivity (Wildman–Crippen MR) is 117 cm³/mol. The Bertz CT molecular complexity index is 675. The third-order valence-electron chi connectivity index (χ3n) is 6.05. The first-order valence-electron chi connectivity index (χ1n) is 10.7. The molecular weight excluding hydrogens is 372 g/mol. The summed E-state index contributed by atoms with van der Waals surface area (Å²) in [5.41, 5.74) is 0. The van der Waals surface area contributed by atoms with Gasteiger partial charge < -0.3 is 25.2 Å². The molecule has 0 aromatic carbocycles. The van der Waals surface area contributed by atoms with Gasteiger partial charge in [0.15, 0.2) is 5.11 Å². The lowest BCUT2D eigenvalue weighted by molar-refractivity contribution is 0.122. The fourth-order valence-corrected chi connectivity index (χ4v) is 4.67. The average Bonchev–Trinajstić information content (AvgIpc) is 3.21. The summed E-state index contributed by atoms with van der Waals surface area (Å²) >= 11 is 5.55. The molecular formula is C20H32N6OS. The second-order valence-corrected chi connectivity index (χ2v) is 8.53. The molecule has 3 heterocycles. The van der Waals surface area contributed by atoms with E-state index < -0.39 is 0 Å². The first-order chi connectivity index (χ1) is 13.7. The maximum absolute atomic E-state index is 5.55. The molecule has 1 aromatic heterocycles. The maximum atomic E-state index is 5.55.